The first-order chi connectivity index (χ1) is 5.61. The largest absolute Gasteiger partial charge is 0.414 e. The van der Waals surface area contributed by atoms with Crippen molar-refractivity contribution in [2.45, 2.75) is 13.8 Å². The van der Waals surface area contributed by atoms with Crippen molar-refractivity contribution in [3.63, 3.8) is 0 Å². The van der Waals surface area contributed by atoms with E-state index in [0.717, 1.165) is 0 Å². The summed E-state index contributed by atoms with van der Waals surface area (Å²) in [5, 5.41) is 0. The number of ether oxygens (including phenoxy) is 1. The highest BCUT2D eigenvalue weighted by atomic mass is 19.3. The third-order valence-electron chi connectivity index (χ3n) is 1.27. The van der Waals surface area contributed by atoms with Crippen LogP contribution in [0.15, 0.2) is 12.3 Å². The summed E-state index contributed by atoms with van der Waals surface area (Å²) in [5.41, 5.74) is 0. The van der Waals surface area contributed by atoms with E-state index in [9.17, 15) is 13.6 Å². The summed E-state index contributed by atoms with van der Waals surface area (Å²) in [4.78, 5) is 12.1. The lowest BCUT2D eigenvalue weighted by Crippen LogP contribution is -2.29. The van der Waals surface area contributed by atoms with E-state index in [4.69, 9.17) is 0 Å². The molecule has 0 fully saturated rings. The molecule has 0 spiro atoms. The van der Waals surface area contributed by atoms with Gasteiger partial charge in [0.15, 0.2) is 6.26 Å². The molecule has 1 amide bonds. The van der Waals surface area contributed by atoms with Crippen LogP contribution in [0.25, 0.3) is 0 Å². The second-order valence-corrected chi connectivity index (χ2v) is 1.96. The summed E-state index contributed by atoms with van der Waals surface area (Å²) in [6.45, 7) is 4.36. The first-order valence-corrected chi connectivity index (χ1v) is 3.58. The average Bonchev–Trinajstić information content (AvgIpc) is 2.03. The minimum Gasteiger partial charge on any atom is -0.412 e. The van der Waals surface area contributed by atoms with Crippen molar-refractivity contribution in [3.05, 3.63) is 12.3 Å². The van der Waals surface area contributed by atoms with Crippen LogP contribution in [0.3, 0.4) is 0 Å². The maximum absolute atomic E-state index is 11.4. The summed E-state index contributed by atoms with van der Waals surface area (Å²) < 4.78 is 27.0. The Morgan fingerprint density at radius 1 is 1.42 bits per heavy atom. The van der Waals surface area contributed by atoms with Gasteiger partial charge in [0.1, 0.15) is 0 Å². The molecule has 5 heteroatoms. The standard InChI is InChI=1S/C7H11F2NO2/c1-3-10(4-2)7(11)12-5-6(8)9/h5H,3-4H2,1-2H3. The van der Waals surface area contributed by atoms with E-state index < -0.39 is 12.2 Å². The van der Waals surface area contributed by atoms with E-state index in [1.807, 2.05) is 0 Å². The fourth-order valence-electron chi connectivity index (χ4n) is 0.651. The fraction of sp³-hybridized carbons (Fsp3) is 0.571. The smallest absolute Gasteiger partial charge is 0.412 e. The SMILES string of the molecule is CCN(CC)C(=O)OC=C(F)F. The van der Waals surface area contributed by atoms with Gasteiger partial charge in [-0.05, 0) is 13.8 Å². The second-order valence-electron chi connectivity index (χ2n) is 1.96. The van der Waals surface area contributed by atoms with Gasteiger partial charge in [-0.1, -0.05) is 0 Å². The Hall–Kier alpha value is -1.13. The van der Waals surface area contributed by atoms with Gasteiger partial charge in [-0.3, -0.25) is 0 Å². The van der Waals surface area contributed by atoms with Crippen LogP contribution in [0, 0.1) is 0 Å². The molecule has 0 saturated heterocycles. The van der Waals surface area contributed by atoms with Crippen molar-refractivity contribution >= 4 is 6.09 Å². The van der Waals surface area contributed by atoms with Crippen LogP contribution in [0.5, 0.6) is 0 Å². The molecule has 12 heavy (non-hydrogen) atoms. The van der Waals surface area contributed by atoms with Gasteiger partial charge < -0.3 is 9.64 Å². The zero-order chi connectivity index (χ0) is 9.56. The minimum absolute atomic E-state index is 0.140. The molecular weight excluding hydrogens is 168 g/mol. The number of carbonyl (C=O) groups excluding carboxylic acids is 1. The predicted octanol–water partition coefficient (Wildman–Crippen LogP) is 2.20. The van der Waals surface area contributed by atoms with Gasteiger partial charge in [0.2, 0.25) is 0 Å². The molecule has 0 aromatic carbocycles. The molecule has 0 radical (unpaired) electrons. The molecule has 0 bridgehead atoms. The normalized spacial score (nSPS) is 9.00. The Balaban J connectivity index is 3.93. The van der Waals surface area contributed by atoms with Crippen molar-refractivity contribution < 1.29 is 18.3 Å². The molecule has 0 heterocycles. The molecule has 0 rings (SSSR count). The molecule has 0 aromatic heterocycles. The lowest BCUT2D eigenvalue weighted by atomic mass is 10.6. The summed E-state index contributed by atoms with van der Waals surface area (Å²) in [7, 11) is 0. The van der Waals surface area contributed by atoms with Gasteiger partial charge in [-0.2, -0.15) is 8.78 Å². The highest BCUT2D eigenvalue weighted by molar-refractivity contribution is 5.68. The van der Waals surface area contributed by atoms with Crippen LogP contribution in [-0.2, 0) is 4.74 Å². The third kappa shape index (κ3) is 3.90. The van der Waals surface area contributed by atoms with Gasteiger partial charge in [-0.25, -0.2) is 4.79 Å². The van der Waals surface area contributed by atoms with Gasteiger partial charge in [-0.15, -0.1) is 0 Å². The molecule has 0 aliphatic heterocycles. The van der Waals surface area contributed by atoms with Gasteiger partial charge in [0.25, 0.3) is 0 Å². The first-order valence-electron chi connectivity index (χ1n) is 3.58. The van der Waals surface area contributed by atoms with E-state index in [1.165, 1.54) is 4.90 Å². The molecular formula is C7H11F2NO2. The molecule has 3 nitrogen and oxygen atoms in total. The Morgan fingerprint density at radius 2 is 1.92 bits per heavy atom. The Bertz CT molecular complexity index is 174. The summed E-state index contributed by atoms with van der Waals surface area (Å²) in [5.74, 6) is 0. The molecule has 0 unspecified atom stereocenters. The average molecular weight is 179 g/mol. The number of halogens is 2. The number of amides is 1. The summed E-state index contributed by atoms with van der Waals surface area (Å²) in [6.07, 6.45) is -2.64. The molecule has 0 aliphatic carbocycles. The van der Waals surface area contributed by atoms with Gasteiger partial charge in [0.05, 0.1) is 0 Å². The van der Waals surface area contributed by atoms with E-state index in [1.54, 1.807) is 13.8 Å². The third-order valence-corrected chi connectivity index (χ3v) is 1.27. The lowest BCUT2D eigenvalue weighted by Gasteiger charge is -2.15. The number of hydrogen-bond acceptors (Lipinski definition) is 2. The minimum atomic E-state index is -2.02. The number of hydrogen-bond donors (Lipinski definition) is 0. The summed E-state index contributed by atoms with van der Waals surface area (Å²) in [6, 6.07) is 0. The van der Waals surface area contributed by atoms with E-state index in [2.05, 4.69) is 4.74 Å². The van der Waals surface area contributed by atoms with Crippen molar-refractivity contribution in [1.82, 2.24) is 4.90 Å². The van der Waals surface area contributed by atoms with Crippen LogP contribution in [0.2, 0.25) is 0 Å². The maximum atomic E-state index is 11.4. The van der Waals surface area contributed by atoms with Crippen LogP contribution >= 0.6 is 0 Å². The highest BCUT2D eigenvalue weighted by Crippen LogP contribution is 1.99. The van der Waals surface area contributed by atoms with Gasteiger partial charge >= 0.3 is 12.2 Å². The molecule has 0 N–H and O–H groups in total. The number of rotatable bonds is 3. The number of nitrogens with zero attached hydrogens (tertiary/aromatic N) is 1. The van der Waals surface area contributed by atoms with E-state index in [0.29, 0.717) is 13.1 Å². The quantitative estimate of drug-likeness (QED) is 0.621. The second kappa shape index (κ2) is 5.51. The molecule has 0 atom stereocenters. The number of carbonyl (C=O) groups is 1. The van der Waals surface area contributed by atoms with Crippen LogP contribution < -0.4 is 0 Å². The van der Waals surface area contributed by atoms with E-state index >= 15 is 0 Å². The van der Waals surface area contributed by atoms with Crippen LogP contribution in [0.4, 0.5) is 13.6 Å². The molecule has 0 aromatic rings. The maximum Gasteiger partial charge on any atom is 0.414 e. The van der Waals surface area contributed by atoms with E-state index in [-0.39, 0.29) is 6.26 Å². The molecule has 70 valence electrons. The topological polar surface area (TPSA) is 29.5 Å². The monoisotopic (exact) mass is 179 g/mol. The molecule has 0 saturated carbocycles. The van der Waals surface area contributed by atoms with Crippen molar-refractivity contribution in [3.8, 4) is 0 Å². The first kappa shape index (κ1) is 10.9. The van der Waals surface area contributed by atoms with Crippen molar-refractivity contribution in [1.29, 1.82) is 0 Å². The zero-order valence-electron chi connectivity index (χ0n) is 7.01. The summed E-state index contributed by atoms with van der Waals surface area (Å²) >= 11 is 0. The predicted molar refractivity (Wildman–Crippen MR) is 39.7 cm³/mol. The molecule has 0 aliphatic rings. The fourth-order valence-corrected chi connectivity index (χ4v) is 0.651. The zero-order valence-corrected chi connectivity index (χ0v) is 7.01. The highest BCUT2D eigenvalue weighted by Gasteiger charge is 2.09. The Kier molecular flexibility index (Phi) is 4.99. The van der Waals surface area contributed by atoms with Gasteiger partial charge in [0, 0.05) is 13.1 Å². The van der Waals surface area contributed by atoms with Crippen molar-refractivity contribution in [2.24, 2.45) is 0 Å². The van der Waals surface area contributed by atoms with Crippen molar-refractivity contribution in [2.75, 3.05) is 13.1 Å². The van der Waals surface area contributed by atoms with Crippen LogP contribution in [0.1, 0.15) is 13.8 Å². The lowest BCUT2D eigenvalue weighted by molar-refractivity contribution is 0.137. The Labute approximate surface area is 69.6 Å². The Morgan fingerprint density at radius 3 is 2.25 bits per heavy atom. The van der Waals surface area contributed by atoms with Crippen LogP contribution in [-0.4, -0.2) is 24.1 Å².